The molecular weight excluding hydrogens is 394 g/mol. The van der Waals surface area contributed by atoms with E-state index in [0.29, 0.717) is 16.8 Å². The number of benzene rings is 3. The van der Waals surface area contributed by atoms with Crippen LogP contribution in [0.15, 0.2) is 77.2 Å². The van der Waals surface area contributed by atoms with Gasteiger partial charge in [-0.3, -0.25) is 0 Å². The molecule has 1 N–H and O–H groups in total. The van der Waals surface area contributed by atoms with Gasteiger partial charge < -0.3 is 9.73 Å². The summed E-state index contributed by atoms with van der Waals surface area (Å²) in [5.41, 5.74) is 5.82. The Kier molecular flexibility index (Phi) is 5.24. The van der Waals surface area contributed by atoms with E-state index in [2.05, 4.69) is 33.7 Å². The molecule has 0 saturated heterocycles. The number of hydrogen-bond acceptors (Lipinski definition) is 4. The third-order valence-corrected chi connectivity index (χ3v) is 5.82. The smallest absolute Gasteiger partial charge is 0.247 e. The number of halogens is 1. The van der Waals surface area contributed by atoms with Crippen molar-refractivity contribution in [1.82, 2.24) is 10.2 Å². The Labute approximate surface area is 180 Å². The Bertz CT molecular complexity index is 1160. The van der Waals surface area contributed by atoms with Crippen molar-refractivity contribution in [3.8, 4) is 11.5 Å². The third kappa shape index (κ3) is 3.83. The lowest BCUT2D eigenvalue weighted by Gasteiger charge is -2.23. The summed E-state index contributed by atoms with van der Waals surface area (Å²) in [6.45, 7) is 0. The van der Waals surface area contributed by atoms with E-state index in [1.54, 1.807) is 0 Å². The molecule has 1 aliphatic rings. The highest BCUT2D eigenvalue weighted by molar-refractivity contribution is 6.30. The van der Waals surface area contributed by atoms with Crippen LogP contribution in [0.5, 0.6) is 0 Å². The number of anilines is 1. The highest BCUT2D eigenvalue weighted by Gasteiger charge is 2.24. The Hall–Kier alpha value is -3.11. The van der Waals surface area contributed by atoms with Crippen molar-refractivity contribution < 1.29 is 4.42 Å². The van der Waals surface area contributed by atoms with Gasteiger partial charge in [0.2, 0.25) is 11.8 Å². The van der Waals surface area contributed by atoms with E-state index in [1.807, 2.05) is 54.6 Å². The standard InChI is InChI=1S/C25H22ClN3O/c26-20-13-6-12-19(16-20)23(25-29-28-24(30-25)18-9-2-1-3-10-18)27-22-15-7-11-17-8-4-5-14-21(17)22/h1-3,6-7,9-13,15-16,23,27H,4-5,8,14H2. The topological polar surface area (TPSA) is 51.0 Å². The lowest BCUT2D eigenvalue weighted by atomic mass is 9.90. The first-order valence-electron chi connectivity index (χ1n) is 10.3. The quantitative estimate of drug-likeness (QED) is 0.405. The molecule has 5 rings (SSSR count). The van der Waals surface area contributed by atoms with Gasteiger partial charge in [0.25, 0.3) is 0 Å². The first-order chi connectivity index (χ1) is 14.8. The second-order valence-electron chi connectivity index (χ2n) is 7.59. The summed E-state index contributed by atoms with van der Waals surface area (Å²) in [4.78, 5) is 0. The van der Waals surface area contributed by atoms with E-state index in [0.717, 1.165) is 29.7 Å². The molecule has 3 aromatic carbocycles. The first-order valence-corrected chi connectivity index (χ1v) is 10.7. The van der Waals surface area contributed by atoms with Crippen molar-refractivity contribution in [3.05, 3.63) is 100 Å². The van der Waals surface area contributed by atoms with Crippen molar-refractivity contribution in [2.45, 2.75) is 31.7 Å². The monoisotopic (exact) mass is 415 g/mol. The zero-order valence-corrected chi connectivity index (χ0v) is 17.3. The molecule has 0 saturated carbocycles. The van der Waals surface area contributed by atoms with Crippen LogP contribution in [0.3, 0.4) is 0 Å². The fourth-order valence-corrected chi connectivity index (χ4v) is 4.29. The predicted molar refractivity (Wildman–Crippen MR) is 120 cm³/mol. The molecule has 0 amide bonds. The maximum absolute atomic E-state index is 6.30. The van der Waals surface area contributed by atoms with Crippen LogP contribution in [0.1, 0.15) is 41.5 Å². The molecule has 5 heteroatoms. The number of aryl methyl sites for hydroxylation is 1. The first kappa shape index (κ1) is 18.9. The largest absolute Gasteiger partial charge is 0.418 e. The molecule has 1 aliphatic carbocycles. The lowest BCUT2D eigenvalue weighted by molar-refractivity contribution is 0.494. The van der Waals surface area contributed by atoms with Gasteiger partial charge >= 0.3 is 0 Å². The average molecular weight is 416 g/mol. The number of nitrogens with one attached hydrogen (secondary N) is 1. The zero-order valence-electron chi connectivity index (χ0n) is 16.5. The maximum Gasteiger partial charge on any atom is 0.247 e. The summed E-state index contributed by atoms with van der Waals surface area (Å²) in [5, 5.41) is 13.0. The van der Waals surface area contributed by atoms with Crippen molar-refractivity contribution in [3.63, 3.8) is 0 Å². The Balaban J connectivity index is 1.55. The number of rotatable bonds is 5. The fraction of sp³-hybridized carbons (Fsp3) is 0.200. The van der Waals surface area contributed by atoms with Gasteiger partial charge in [0.1, 0.15) is 6.04 Å². The van der Waals surface area contributed by atoms with Crippen LogP contribution in [0.4, 0.5) is 5.69 Å². The molecule has 1 aromatic heterocycles. The fourth-order valence-electron chi connectivity index (χ4n) is 4.09. The van der Waals surface area contributed by atoms with Crippen LogP contribution in [0.2, 0.25) is 5.02 Å². The van der Waals surface area contributed by atoms with E-state index in [-0.39, 0.29) is 6.04 Å². The molecule has 1 atom stereocenters. The van der Waals surface area contributed by atoms with Crippen LogP contribution < -0.4 is 5.32 Å². The van der Waals surface area contributed by atoms with Gasteiger partial charge in [-0.15, -0.1) is 10.2 Å². The van der Waals surface area contributed by atoms with Crippen LogP contribution in [-0.2, 0) is 12.8 Å². The van der Waals surface area contributed by atoms with Crippen LogP contribution in [0, 0.1) is 0 Å². The van der Waals surface area contributed by atoms with E-state index >= 15 is 0 Å². The minimum absolute atomic E-state index is 0.290. The molecule has 0 radical (unpaired) electrons. The van der Waals surface area contributed by atoms with Crippen molar-refractivity contribution in [1.29, 1.82) is 0 Å². The number of aromatic nitrogens is 2. The Morgan fingerprint density at radius 3 is 2.57 bits per heavy atom. The van der Waals surface area contributed by atoms with Gasteiger partial charge in [-0.25, -0.2) is 0 Å². The second kappa shape index (κ2) is 8.33. The predicted octanol–water partition coefficient (Wildman–Crippen LogP) is 6.47. The summed E-state index contributed by atoms with van der Waals surface area (Å²) in [5.74, 6) is 1.03. The molecule has 0 bridgehead atoms. The molecule has 0 fully saturated rings. The Morgan fingerprint density at radius 1 is 0.867 bits per heavy atom. The average Bonchev–Trinajstić information content (AvgIpc) is 3.28. The minimum Gasteiger partial charge on any atom is -0.418 e. The minimum atomic E-state index is -0.290. The summed E-state index contributed by atoms with van der Waals surface area (Å²) in [6, 6.07) is 23.8. The lowest BCUT2D eigenvalue weighted by Crippen LogP contribution is -2.16. The van der Waals surface area contributed by atoms with Gasteiger partial charge in [-0.1, -0.05) is 54.1 Å². The van der Waals surface area contributed by atoms with E-state index in [9.17, 15) is 0 Å². The number of nitrogens with zero attached hydrogens (tertiary/aromatic N) is 2. The highest BCUT2D eigenvalue weighted by Crippen LogP contribution is 2.34. The second-order valence-corrected chi connectivity index (χ2v) is 8.03. The molecule has 0 spiro atoms. The normalized spacial score (nSPS) is 14.2. The van der Waals surface area contributed by atoms with Crippen molar-refractivity contribution in [2.24, 2.45) is 0 Å². The molecule has 0 aliphatic heterocycles. The van der Waals surface area contributed by atoms with Gasteiger partial charge in [0.15, 0.2) is 0 Å². The molecular formula is C25H22ClN3O. The molecule has 30 heavy (non-hydrogen) atoms. The summed E-state index contributed by atoms with van der Waals surface area (Å²) >= 11 is 6.30. The van der Waals surface area contributed by atoms with Crippen LogP contribution in [-0.4, -0.2) is 10.2 Å². The summed E-state index contributed by atoms with van der Waals surface area (Å²) < 4.78 is 6.11. The van der Waals surface area contributed by atoms with E-state index < -0.39 is 0 Å². The van der Waals surface area contributed by atoms with E-state index in [4.69, 9.17) is 16.0 Å². The number of hydrogen-bond donors (Lipinski definition) is 1. The van der Waals surface area contributed by atoms with Crippen molar-refractivity contribution in [2.75, 3.05) is 5.32 Å². The SMILES string of the molecule is Clc1cccc(C(Nc2cccc3c2CCCC3)c2nnc(-c3ccccc3)o2)c1. The maximum atomic E-state index is 6.30. The summed E-state index contributed by atoms with van der Waals surface area (Å²) in [7, 11) is 0. The summed E-state index contributed by atoms with van der Waals surface area (Å²) in [6.07, 6.45) is 4.68. The van der Waals surface area contributed by atoms with Gasteiger partial charge in [-0.05, 0) is 72.7 Å². The van der Waals surface area contributed by atoms with Gasteiger partial charge in [-0.2, -0.15) is 0 Å². The molecule has 150 valence electrons. The number of fused-ring (bicyclic) bond motifs is 1. The third-order valence-electron chi connectivity index (χ3n) is 5.59. The van der Waals surface area contributed by atoms with Crippen LogP contribution >= 0.6 is 11.6 Å². The van der Waals surface area contributed by atoms with Gasteiger partial charge in [0, 0.05) is 16.3 Å². The Morgan fingerprint density at radius 2 is 1.70 bits per heavy atom. The van der Waals surface area contributed by atoms with Crippen molar-refractivity contribution >= 4 is 17.3 Å². The molecule has 4 aromatic rings. The van der Waals surface area contributed by atoms with E-state index in [1.165, 1.54) is 24.0 Å². The molecule has 1 heterocycles. The molecule has 4 nitrogen and oxygen atoms in total. The van der Waals surface area contributed by atoms with Crippen LogP contribution in [0.25, 0.3) is 11.5 Å². The zero-order chi connectivity index (χ0) is 20.3. The van der Waals surface area contributed by atoms with Gasteiger partial charge in [0.05, 0.1) is 0 Å². The molecule has 1 unspecified atom stereocenters. The highest BCUT2D eigenvalue weighted by atomic mass is 35.5.